The van der Waals surface area contributed by atoms with E-state index in [2.05, 4.69) is 31.5 Å². The fourth-order valence-electron chi connectivity index (χ4n) is 1.76. The molecule has 0 fully saturated rings. The zero-order valence-corrected chi connectivity index (χ0v) is 12.3. The van der Waals surface area contributed by atoms with Gasteiger partial charge in [-0.3, -0.25) is 0 Å². The first kappa shape index (κ1) is 12.8. The molecule has 1 aromatic heterocycles. The van der Waals surface area contributed by atoms with Crippen molar-refractivity contribution in [3.05, 3.63) is 58.6 Å². The quantitative estimate of drug-likeness (QED) is 0.737. The maximum atomic E-state index is 5.77. The molecule has 0 aliphatic heterocycles. The molecule has 3 rings (SSSR count). The number of tetrazole rings is 1. The summed E-state index contributed by atoms with van der Waals surface area (Å²) in [6, 6.07) is 15.7. The number of hydrogen-bond donors (Lipinski definition) is 0. The maximum absolute atomic E-state index is 5.77. The van der Waals surface area contributed by atoms with Crippen LogP contribution in [0.15, 0.2) is 53.0 Å². The van der Waals surface area contributed by atoms with Gasteiger partial charge in [0.15, 0.2) is 0 Å². The Hall–Kier alpha value is -2.21. The van der Waals surface area contributed by atoms with Crippen molar-refractivity contribution in [1.29, 1.82) is 0 Å². The molecule has 0 N–H and O–H groups in total. The van der Waals surface area contributed by atoms with Crippen molar-refractivity contribution in [3.8, 4) is 17.4 Å². The summed E-state index contributed by atoms with van der Waals surface area (Å²) in [4.78, 5) is 0. The van der Waals surface area contributed by atoms with Gasteiger partial charge in [-0.2, -0.15) is 4.68 Å². The molecule has 0 radical (unpaired) electrons. The van der Waals surface area contributed by atoms with Crippen LogP contribution in [0.3, 0.4) is 0 Å². The van der Waals surface area contributed by atoms with E-state index in [1.807, 2.05) is 55.5 Å². The lowest BCUT2D eigenvalue weighted by atomic mass is 10.2. The van der Waals surface area contributed by atoms with Gasteiger partial charge in [-0.15, -0.1) is 0 Å². The van der Waals surface area contributed by atoms with Crippen molar-refractivity contribution in [2.45, 2.75) is 6.92 Å². The number of aryl methyl sites for hydroxylation is 1. The van der Waals surface area contributed by atoms with Crippen molar-refractivity contribution in [2.75, 3.05) is 0 Å². The highest BCUT2D eigenvalue weighted by Gasteiger charge is 2.12. The minimum Gasteiger partial charge on any atom is -0.422 e. The molecule has 0 atom stereocenters. The Labute approximate surface area is 124 Å². The first-order valence-electron chi connectivity index (χ1n) is 6.02. The van der Waals surface area contributed by atoms with E-state index in [0.717, 1.165) is 15.7 Å². The van der Waals surface area contributed by atoms with Crippen LogP contribution < -0.4 is 4.74 Å². The second kappa shape index (κ2) is 5.42. The summed E-state index contributed by atoms with van der Waals surface area (Å²) in [5.41, 5.74) is 1.99. The molecule has 0 saturated heterocycles. The van der Waals surface area contributed by atoms with Crippen LogP contribution in [0.5, 0.6) is 11.8 Å². The molecule has 0 unspecified atom stereocenters. The van der Waals surface area contributed by atoms with Gasteiger partial charge >= 0.3 is 6.01 Å². The lowest BCUT2D eigenvalue weighted by molar-refractivity contribution is 0.425. The molecule has 0 aliphatic rings. The van der Waals surface area contributed by atoms with Crippen LogP contribution in [0.4, 0.5) is 0 Å². The van der Waals surface area contributed by atoms with Crippen LogP contribution in [0, 0.1) is 6.92 Å². The molecular formula is C14H11BrN4O. The number of hydrogen-bond acceptors (Lipinski definition) is 4. The van der Waals surface area contributed by atoms with Crippen LogP contribution in [0.2, 0.25) is 0 Å². The Morgan fingerprint density at radius 2 is 1.90 bits per heavy atom. The lowest BCUT2D eigenvalue weighted by Gasteiger charge is -2.08. The zero-order valence-electron chi connectivity index (χ0n) is 10.7. The van der Waals surface area contributed by atoms with Crippen LogP contribution in [-0.2, 0) is 0 Å². The molecule has 0 saturated carbocycles. The molecule has 0 bridgehead atoms. The number of benzene rings is 2. The molecular weight excluding hydrogens is 320 g/mol. The summed E-state index contributed by atoms with van der Waals surface area (Å²) in [6.45, 7) is 2.02. The van der Waals surface area contributed by atoms with E-state index in [4.69, 9.17) is 4.74 Å². The molecule has 0 aliphatic carbocycles. The SMILES string of the molecule is Cc1ccc(Oc2nnnn2-c2ccccc2)c(Br)c1. The Kier molecular flexibility index (Phi) is 3.47. The Morgan fingerprint density at radius 1 is 1.10 bits per heavy atom. The van der Waals surface area contributed by atoms with Gasteiger partial charge in [0.25, 0.3) is 0 Å². The summed E-state index contributed by atoms with van der Waals surface area (Å²) in [5, 5.41) is 11.5. The van der Waals surface area contributed by atoms with Gasteiger partial charge in [0.1, 0.15) is 5.75 Å². The number of ether oxygens (including phenoxy) is 1. The van der Waals surface area contributed by atoms with E-state index >= 15 is 0 Å². The summed E-state index contributed by atoms with van der Waals surface area (Å²) < 4.78 is 8.18. The number of rotatable bonds is 3. The third-order valence-corrected chi connectivity index (χ3v) is 3.35. The average Bonchev–Trinajstić information content (AvgIpc) is 2.91. The molecule has 100 valence electrons. The van der Waals surface area contributed by atoms with E-state index in [-0.39, 0.29) is 0 Å². The first-order chi connectivity index (χ1) is 9.74. The monoisotopic (exact) mass is 330 g/mol. The number of para-hydroxylation sites is 1. The average molecular weight is 331 g/mol. The van der Waals surface area contributed by atoms with Crippen molar-refractivity contribution in [3.63, 3.8) is 0 Å². The molecule has 20 heavy (non-hydrogen) atoms. The highest BCUT2D eigenvalue weighted by atomic mass is 79.9. The van der Waals surface area contributed by atoms with Gasteiger partial charge in [0.05, 0.1) is 10.2 Å². The molecule has 3 aromatic rings. The second-order valence-corrected chi connectivity index (χ2v) is 5.10. The fraction of sp³-hybridized carbons (Fsp3) is 0.0714. The molecule has 0 amide bonds. The van der Waals surface area contributed by atoms with Crippen LogP contribution >= 0.6 is 15.9 Å². The Morgan fingerprint density at radius 3 is 2.65 bits per heavy atom. The van der Waals surface area contributed by atoms with Gasteiger partial charge < -0.3 is 4.74 Å². The summed E-state index contributed by atoms with van der Waals surface area (Å²) in [7, 11) is 0. The highest BCUT2D eigenvalue weighted by molar-refractivity contribution is 9.10. The number of nitrogens with zero attached hydrogens (tertiary/aromatic N) is 4. The number of halogens is 1. The largest absolute Gasteiger partial charge is 0.422 e. The highest BCUT2D eigenvalue weighted by Crippen LogP contribution is 2.29. The predicted octanol–water partition coefficient (Wildman–Crippen LogP) is 3.53. The van der Waals surface area contributed by atoms with Crippen molar-refractivity contribution in [1.82, 2.24) is 20.2 Å². The second-order valence-electron chi connectivity index (χ2n) is 4.24. The standard InChI is InChI=1S/C14H11BrN4O/c1-10-7-8-13(12(15)9-10)20-14-16-17-18-19(14)11-5-3-2-4-6-11/h2-9H,1H3. The van der Waals surface area contributed by atoms with Gasteiger partial charge in [0.2, 0.25) is 0 Å². The normalized spacial score (nSPS) is 10.5. The van der Waals surface area contributed by atoms with Gasteiger partial charge in [0, 0.05) is 0 Å². The summed E-state index contributed by atoms with van der Waals surface area (Å²) in [6.07, 6.45) is 0. The maximum Gasteiger partial charge on any atom is 0.345 e. The fourth-order valence-corrected chi connectivity index (χ4v) is 2.33. The van der Waals surface area contributed by atoms with Crippen molar-refractivity contribution in [2.24, 2.45) is 0 Å². The predicted molar refractivity (Wildman–Crippen MR) is 78.1 cm³/mol. The lowest BCUT2D eigenvalue weighted by Crippen LogP contribution is -2.00. The molecule has 1 heterocycles. The van der Waals surface area contributed by atoms with E-state index in [9.17, 15) is 0 Å². The summed E-state index contributed by atoms with van der Waals surface area (Å²) >= 11 is 3.47. The van der Waals surface area contributed by atoms with Gasteiger partial charge in [-0.1, -0.05) is 29.4 Å². The minimum atomic E-state index is 0.320. The molecule has 5 nitrogen and oxygen atoms in total. The van der Waals surface area contributed by atoms with E-state index < -0.39 is 0 Å². The van der Waals surface area contributed by atoms with Crippen LogP contribution in [0.1, 0.15) is 5.56 Å². The summed E-state index contributed by atoms with van der Waals surface area (Å²) in [5.74, 6) is 0.669. The minimum absolute atomic E-state index is 0.320. The molecule has 2 aromatic carbocycles. The van der Waals surface area contributed by atoms with Gasteiger partial charge in [-0.25, -0.2) is 0 Å². The number of aromatic nitrogens is 4. The van der Waals surface area contributed by atoms with Gasteiger partial charge in [-0.05, 0) is 63.1 Å². The molecule has 0 spiro atoms. The van der Waals surface area contributed by atoms with E-state index in [1.54, 1.807) is 4.68 Å². The molecule has 6 heteroatoms. The zero-order chi connectivity index (χ0) is 13.9. The van der Waals surface area contributed by atoms with Crippen molar-refractivity contribution >= 4 is 15.9 Å². The van der Waals surface area contributed by atoms with Crippen molar-refractivity contribution < 1.29 is 4.74 Å². The Balaban J connectivity index is 1.95. The Bertz CT molecular complexity index is 727. The van der Waals surface area contributed by atoms with Crippen LogP contribution in [-0.4, -0.2) is 20.2 Å². The van der Waals surface area contributed by atoms with E-state index in [0.29, 0.717) is 11.8 Å². The third kappa shape index (κ3) is 2.55. The van der Waals surface area contributed by atoms with E-state index in [1.165, 1.54) is 0 Å². The third-order valence-electron chi connectivity index (χ3n) is 2.73. The topological polar surface area (TPSA) is 52.8 Å². The van der Waals surface area contributed by atoms with Crippen LogP contribution in [0.25, 0.3) is 5.69 Å². The smallest absolute Gasteiger partial charge is 0.345 e. The first-order valence-corrected chi connectivity index (χ1v) is 6.81.